The van der Waals surface area contributed by atoms with Crippen LogP contribution in [0.3, 0.4) is 0 Å². The van der Waals surface area contributed by atoms with Crippen LogP contribution in [0.2, 0.25) is 0 Å². The zero-order valence-corrected chi connectivity index (χ0v) is 17.7. The lowest BCUT2D eigenvalue weighted by Crippen LogP contribution is -2.30. The van der Waals surface area contributed by atoms with E-state index in [1.165, 1.54) is 16.6 Å². The van der Waals surface area contributed by atoms with E-state index >= 15 is 0 Å². The quantitative estimate of drug-likeness (QED) is 0.547. The zero-order valence-electron chi connectivity index (χ0n) is 16.1. The molecule has 2 aliphatic rings. The maximum absolute atomic E-state index is 12.9. The number of para-hydroxylation sites is 1. The van der Waals surface area contributed by atoms with Crippen LogP contribution in [0, 0.1) is 11.8 Å². The van der Waals surface area contributed by atoms with Crippen molar-refractivity contribution >= 4 is 27.6 Å². The molecular formula is C20H17BrF3N5O2. The van der Waals surface area contributed by atoms with Crippen molar-refractivity contribution in [1.82, 2.24) is 24.5 Å². The largest absolute Gasteiger partial charge is 0.573 e. The highest BCUT2D eigenvalue weighted by atomic mass is 79.9. The van der Waals surface area contributed by atoms with E-state index in [4.69, 9.17) is 0 Å². The molecule has 0 bridgehead atoms. The molecule has 0 N–H and O–H groups in total. The maximum atomic E-state index is 12.9. The molecule has 1 saturated heterocycles. The van der Waals surface area contributed by atoms with E-state index in [-0.39, 0.29) is 35.2 Å². The van der Waals surface area contributed by atoms with Crippen LogP contribution < -0.4 is 4.74 Å². The Morgan fingerprint density at radius 3 is 2.58 bits per heavy atom. The lowest BCUT2D eigenvalue weighted by molar-refractivity contribution is -0.275. The van der Waals surface area contributed by atoms with E-state index in [1.807, 2.05) is 0 Å². The number of aromatic nitrogens is 4. The Kier molecular flexibility index (Phi) is 4.87. The first-order valence-corrected chi connectivity index (χ1v) is 10.6. The van der Waals surface area contributed by atoms with Crippen LogP contribution in [-0.4, -0.2) is 49.8 Å². The molecule has 3 atom stereocenters. The van der Waals surface area contributed by atoms with E-state index in [2.05, 4.69) is 35.7 Å². The molecule has 7 nitrogen and oxygen atoms in total. The second-order valence-corrected chi connectivity index (χ2v) is 8.85. The van der Waals surface area contributed by atoms with Crippen molar-refractivity contribution < 1.29 is 22.7 Å². The molecule has 11 heteroatoms. The average molecular weight is 496 g/mol. The molecule has 1 saturated carbocycles. The van der Waals surface area contributed by atoms with Gasteiger partial charge in [-0.2, -0.15) is 4.98 Å². The van der Waals surface area contributed by atoms with Crippen molar-refractivity contribution in [2.45, 2.75) is 25.1 Å². The van der Waals surface area contributed by atoms with Crippen LogP contribution in [-0.2, 0) is 0 Å². The van der Waals surface area contributed by atoms with E-state index in [0.717, 1.165) is 4.47 Å². The summed E-state index contributed by atoms with van der Waals surface area (Å²) < 4.78 is 44.7. The Balaban J connectivity index is 1.28. The monoisotopic (exact) mass is 495 g/mol. The summed E-state index contributed by atoms with van der Waals surface area (Å²) in [5.41, 5.74) is 0.575. The van der Waals surface area contributed by atoms with E-state index in [0.29, 0.717) is 37.3 Å². The van der Waals surface area contributed by atoms with Gasteiger partial charge in [0.25, 0.3) is 11.7 Å². The van der Waals surface area contributed by atoms with Crippen molar-refractivity contribution in [2.75, 3.05) is 13.1 Å². The molecule has 0 unspecified atom stereocenters. The van der Waals surface area contributed by atoms with E-state index in [9.17, 15) is 18.0 Å². The summed E-state index contributed by atoms with van der Waals surface area (Å²) in [4.78, 5) is 23.0. The molecule has 3 heterocycles. The third-order valence-corrected chi connectivity index (χ3v) is 6.39. The molecule has 5 rings (SSSR count). The van der Waals surface area contributed by atoms with Gasteiger partial charge in [-0.05, 0) is 58.2 Å². The number of ether oxygens (including phenoxy) is 1. The number of amides is 1. The van der Waals surface area contributed by atoms with Crippen LogP contribution in [0.4, 0.5) is 13.2 Å². The van der Waals surface area contributed by atoms with Crippen LogP contribution in [0.25, 0.3) is 5.78 Å². The number of alkyl halides is 3. The minimum atomic E-state index is -4.72. The van der Waals surface area contributed by atoms with E-state index < -0.39 is 6.36 Å². The Morgan fingerprint density at radius 1 is 1.16 bits per heavy atom. The molecular weight excluding hydrogens is 479 g/mol. The third-order valence-electron chi connectivity index (χ3n) is 5.98. The Labute approximate surface area is 183 Å². The molecule has 0 spiro atoms. The lowest BCUT2D eigenvalue weighted by atomic mass is 9.95. The Morgan fingerprint density at radius 2 is 1.87 bits per heavy atom. The SMILES string of the molecule is O=C(c1nc2ncc(Br)cn2n1)N1C[C@H]2C[C@@H](c3ccccc3OC(F)(F)F)C[C@H]2C1. The summed E-state index contributed by atoms with van der Waals surface area (Å²) in [6, 6.07) is 6.32. The number of likely N-dealkylation sites (tertiary alicyclic amines) is 1. The predicted octanol–water partition coefficient (Wildman–Crippen LogP) is 4.05. The fraction of sp³-hybridized carbons (Fsp3) is 0.400. The van der Waals surface area contributed by atoms with Crippen molar-refractivity contribution in [1.29, 1.82) is 0 Å². The first kappa shape index (κ1) is 20.2. The molecule has 2 fully saturated rings. The maximum Gasteiger partial charge on any atom is 0.573 e. The van der Waals surface area contributed by atoms with Gasteiger partial charge in [0.2, 0.25) is 5.82 Å². The number of benzene rings is 1. The summed E-state index contributed by atoms with van der Waals surface area (Å²) in [6.07, 6.45) is -0.0478. The smallest absolute Gasteiger partial charge is 0.405 e. The highest BCUT2D eigenvalue weighted by Crippen LogP contribution is 2.48. The van der Waals surface area contributed by atoms with Gasteiger partial charge in [-0.25, -0.2) is 9.50 Å². The fourth-order valence-electron chi connectivity index (χ4n) is 4.75. The second-order valence-electron chi connectivity index (χ2n) is 7.94. The van der Waals surface area contributed by atoms with Gasteiger partial charge in [0.1, 0.15) is 5.75 Å². The molecule has 31 heavy (non-hydrogen) atoms. The minimum Gasteiger partial charge on any atom is -0.405 e. The summed E-state index contributed by atoms with van der Waals surface area (Å²) >= 11 is 3.31. The van der Waals surface area contributed by atoms with Crippen LogP contribution in [0.1, 0.15) is 34.9 Å². The van der Waals surface area contributed by atoms with Gasteiger partial charge in [-0.15, -0.1) is 18.3 Å². The van der Waals surface area contributed by atoms with Gasteiger partial charge in [-0.1, -0.05) is 18.2 Å². The van der Waals surface area contributed by atoms with Crippen molar-refractivity contribution in [3.63, 3.8) is 0 Å². The summed E-state index contributed by atoms with van der Waals surface area (Å²) in [5, 5.41) is 4.22. The molecule has 3 aromatic rings. The van der Waals surface area contributed by atoms with Gasteiger partial charge in [0.15, 0.2) is 0 Å². The molecule has 1 amide bonds. The number of hydrogen-bond acceptors (Lipinski definition) is 5. The number of rotatable bonds is 3. The molecule has 162 valence electrons. The zero-order chi connectivity index (χ0) is 21.8. The highest BCUT2D eigenvalue weighted by molar-refractivity contribution is 9.10. The second kappa shape index (κ2) is 7.47. The molecule has 0 radical (unpaired) electrons. The minimum absolute atomic E-state index is 0.0272. The highest BCUT2D eigenvalue weighted by Gasteiger charge is 2.44. The molecule has 1 aliphatic carbocycles. The average Bonchev–Trinajstić information content (AvgIpc) is 3.38. The van der Waals surface area contributed by atoms with Crippen molar-refractivity contribution in [3.8, 4) is 5.75 Å². The summed E-state index contributed by atoms with van der Waals surface area (Å²) in [7, 11) is 0. The van der Waals surface area contributed by atoms with E-state index in [1.54, 1.807) is 29.4 Å². The summed E-state index contributed by atoms with van der Waals surface area (Å²) in [6.45, 7) is 1.07. The number of halogens is 4. The van der Waals surface area contributed by atoms with Crippen LogP contribution in [0.5, 0.6) is 5.75 Å². The number of hydrogen-bond donors (Lipinski definition) is 0. The number of carbonyl (C=O) groups is 1. The third kappa shape index (κ3) is 3.98. The topological polar surface area (TPSA) is 72.6 Å². The van der Waals surface area contributed by atoms with Crippen molar-refractivity contribution in [3.05, 3.63) is 52.5 Å². The number of carbonyl (C=O) groups excluding carboxylic acids is 1. The van der Waals surface area contributed by atoms with Gasteiger partial charge in [0, 0.05) is 25.5 Å². The predicted molar refractivity (Wildman–Crippen MR) is 106 cm³/mol. The van der Waals surface area contributed by atoms with Gasteiger partial charge < -0.3 is 9.64 Å². The Bertz CT molecular complexity index is 1140. The Hall–Kier alpha value is -2.69. The molecule has 1 aliphatic heterocycles. The van der Waals surface area contributed by atoms with Gasteiger partial charge in [0.05, 0.1) is 4.47 Å². The van der Waals surface area contributed by atoms with Crippen molar-refractivity contribution in [2.24, 2.45) is 11.8 Å². The lowest BCUT2D eigenvalue weighted by Gasteiger charge is -2.20. The molecule has 2 aromatic heterocycles. The normalized spacial score (nSPS) is 23.4. The standard InChI is InChI=1S/C20H17BrF3N5O2/c21-14-7-25-19-26-17(27-29(19)10-14)18(30)28-8-12-5-11(6-13(12)9-28)15-3-1-2-4-16(15)31-20(22,23)24/h1-4,7,10-13H,5-6,8-9H2/t11-,12-,13+. The number of nitrogens with zero attached hydrogens (tertiary/aromatic N) is 5. The van der Waals surface area contributed by atoms with Crippen LogP contribution >= 0.6 is 15.9 Å². The van der Waals surface area contributed by atoms with Gasteiger partial charge in [-0.3, -0.25) is 4.79 Å². The fourth-order valence-corrected chi connectivity index (χ4v) is 5.04. The number of fused-ring (bicyclic) bond motifs is 2. The van der Waals surface area contributed by atoms with Crippen LogP contribution in [0.15, 0.2) is 41.1 Å². The first-order valence-electron chi connectivity index (χ1n) is 9.78. The first-order chi connectivity index (χ1) is 14.8. The van der Waals surface area contributed by atoms with Gasteiger partial charge >= 0.3 is 6.36 Å². The molecule has 1 aromatic carbocycles. The summed E-state index contributed by atoms with van der Waals surface area (Å²) in [5.74, 6) is 0.447.